The van der Waals surface area contributed by atoms with E-state index in [-0.39, 0.29) is 0 Å². The van der Waals surface area contributed by atoms with Crippen LogP contribution >= 0.6 is 0 Å². The Morgan fingerprint density at radius 3 is 1.12 bits per heavy atom. The predicted molar refractivity (Wildman–Crippen MR) is 266 cm³/mol. The van der Waals surface area contributed by atoms with E-state index in [4.69, 9.17) is 4.98 Å². The Hall–Kier alpha value is -8.01. The molecule has 0 aliphatic rings. The third-order valence-electron chi connectivity index (χ3n) is 12.0. The lowest BCUT2D eigenvalue weighted by molar-refractivity contribution is 0.931. The van der Waals surface area contributed by atoms with Crippen molar-refractivity contribution in [1.82, 2.24) is 15.0 Å². The van der Waals surface area contributed by atoms with Crippen LogP contribution in [-0.4, -0.2) is 15.0 Å². The van der Waals surface area contributed by atoms with Crippen molar-refractivity contribution >= 4 is 0 Å². The normalized spacial score (nSPS) is 11.1. The molecule has 0 aliphatic carbocycles. The number of benzene rings is 7. The highest BCUT2D eigenvalue weighted by molar-refractivity contribution is 5.85. The second-order valence-corrected chi connectivity index (χ2v) is 16.3. The van der Waals surface area contributed by atoms with E-state index in [0.717, 1.165) is 76.3 Å². The van der Waals surface area contributed by atoms with Gasteiger partial charge in [-0.2, -0.15) is 0 Å². The standard InChI is InChI=1S/C61H47N3/c1-3-13-48(14-4-1)54-42-60(50-15-5-2-6-16-50)64-61(43-54)53-35-33-49(34-36-53)56-17-7-8-18-57(56)55-40-46(23-21-44-25-29-51(30-26-44)58-19-9-11-37-62-58)39-47(41-55)24-22-45-27-31-52(32-28-45)59-20-10-12-38-63-59/h1-20,25-43H,21-24H2. The van der Waals surface area contributed by atoms with Crippen LogP contribution in [0.25, 0.3) is 78.4 Å². The topological polar surface area (TPSA) is 38.7 Å². The van der Waals surface area contributed by atoms with Crippen molar-refractivity contribution in [2.24, 2.45) is 0 Å². The molecule has 0 aliphatic heterocycles. The van der Waals surface area contributed by atoms with Crippen LogP contribution in [0.4, 0.5) is 0 Å². The number of pyridine rings is 3. The van der Waals surface area contributed by atoms with E-state index in [1.54, 1.807) is 0 Å². The number of aryl methyl sites for hydroxylation is 4. The SMILES string of the molecule is c1ccc(-c2cc(-c3ccccc3)nc(-c3ccc(-c4ccccc4-c4cc(CCc5ccc(-c6ccccn6)cc5)cc(CCc5ccc(-c6ccccn6)cc5)c4)cc3)c2)cc1. The van der Waals surface area contributed by atoms with E-state index in [9.17, 15) is 0 Å². The molecular formula is C61H47N3. The van der Waals surface area contributed by atoms with E-state index >= 15 is 0 Å². The smallest absolute Gasteiger partial charge is 0.0715 e. The van der Waals surface area contributed by atoms with Crippen molar-refractivity contribution in [3.8, 4) is 78.4 Å². The number of rotatable bonds is 13. The van der Waals surface area contributed by atoms with E-state index in [1.807, 2.05) is 42.7 Å². The van der Waals surface area contributed by atoms with Gasteiger partial charge in [0.15, 0.2) is 0 Å². The maximum Gasteiger partial charge on any atom is 0.0715 e. The summed E-state index contributed by atoms with van der Waals surface area (Å²) in [7, 11) is 0. The molecule has 0 saturated heterocycles. The monoisotopic (exact) mass is 821 g/mol. The molecule has 0 spiro atoms. The quantitative estimate of drug-likeness (QED) is 0.116. The molecule has 0 atom stereocenters. The maximum atomic E-state index is 5.20. The van der Waals surface area contributed by atoms with E-state index in [2.05, 4.69) is 204 Å². The highest BCUT2D eigenvalue weighted by Gasteiger charge is 2.13. The van der Waals surface area contributed by atoms with Crippen LogP contribution in [0.1, 0.15) is 22.3 Å². The zero-order valence-corrected chi connectivity index (χ0v) is 35.7. The van der Waals surface area contributed by atoms with Gasteiger partial charge < -0.3 is 0 Å². The summed E-state index contributed by atoms with van der Waals surface area (Å²) in [5.41, 5.74) is 20.9. The molecule has 0 N–H and O–H groups in total. The fraction of sp³-hybridized carbons (Fsp3) is 0.0656. The summed E-state index contributed by atoms with van der Waals surface area (Å²) in [4.78, 5) is 14.3. The zero-order valence-electron chi connectivity index (χ0n) is 35.7. The average molecular weight is 822 g/mol. The van der Waals surface area contributed by atoms with Crippen LogP contribution in [0.2, 0.25) is 0 Å². The van der Waals surface area contributed by atoms with Crippen molar-refractivity contribution in [3.63, 3.8) is 0 Å². The Kier molecular flexibility index (Phi) is 11.9. The molecule has 0 radical (unpaired) electrons. The predicted octanol–water partition coefficient (Wildman–Crippen LogP) is 15.1. The summed E-state index contributed by atoms with van der Waals surface area (Å²) in [5.74, 6) is 0. The van der Waals surface area contributed by atoms with Crippen LogP contribution in [0.15, 0.2) is 237 Å². The molecule has 10 rings (SSSR count). The average Bonchev–Trinajstić information content (AvgIpc) is 3.38. The summed E-state index contributed by atoms with van der Waals surface area (Å²) in [5, 5.41) is 0. The minimum atomic E-state index is 0.944. The van der Waals surface area contributed by atoms with E-state index in [0.29, 0.717) is 0 Å². The van der Waals surface area contributed by atoms with Gasteiger partial charge in [-0.15, -0.1) is 0 Å². The van der Waals surface area contributed by atoms with Gasteiger partial charge in [0.1, 0.15) is 0 Å². The summed E-state index contributed by atoms with van der Waals surface area (Å²) < 4.78 is 0. The van der Waals surface area contributed by atoms with Crippen molar-refractivity contribution < 1.29 is 0 Å². The Labute approximate surface area is 376 Å². The third kappa shape index (κ3) is 9.40. The Balaban J connectivity index is 0.953. The summed E-state index contributed by atoms with van der Waals surface area (Å²) in [6.45, 7) is 0. The molecular weight excluding hydrogens is 775 g/mol. The first-order chi connectivity index (χ1) is 31.7. The van der Waals surface area contributed by atoms with Gasteiger partial charge in [0.25, 0.3) is 0 Å². The Morgan fingerprint density at radius 1 is 0.234 bits per heavy atom. The Bertz CT molecular complexity index is 2930. The number of hydrogen-bond acceptors (Lipinski definition) is 3. The summed E-state index contributed by atoms with van der Waals surface area (Å²) in [6, 6.07) is 80.3. The molecule has 0 amide bonds. The number of hydrogen-bond donors (Lipinski definition) is 0. The summed E-state index contributed by atoms with van der Waals surface area (Å²) in [6.07, 6.45) is 7.50. The second kappa shape index (κ2) is 18.9. The van der Waals surface area contributed by atoms with Gasteiger partial charge in [0.05, 0.1) is 22.8 Å². The van der Waals surface area contributed by atoms with Gasteiger partial charge >= 0.3 is 0 Å². The lowest BCUT2D eigenvalue weighted by Gasteiger charge is -2.15. The molecule has 64 heavy (non-hydrogen) atoms. The molecule has 10 aromatic rings. The third-order valence-corrected chi connectivity index (χ3v) is 12.0. The molecule has 3 aromatic heterocycles. The van der Waals surface area contributed by atoms with Crippen molar-refractivity contribution in [3.05, 3.63) is 259 Å². The van der Waals surface area contributed by atoms with Crippen LogP contribution in [-0.2, 0) is 25.7 Å². The van der Waals surface area contributed by atoms with Crippen molar-refractivity contribution in [2.45, 2.75) is 25.7 Å². The van der Waals surface area contributed by atoms with Gasteiger partial charge in [-0.1, -0.05) is 188 Å². The molecule has 0 unspecified atom stereocenters. The molecule has 3 nitrogen and oxygen atoms in total. The molecule has 3 heteroatoms. The van der Waals surface area contributed by atoms with Gasteiger partial charge in [-0.3, -0.25) is 9.97 Å². The van der Waals surface area contributed by atoms with Crippen molar-refractivity contribution in [2.75, 3.05) is 0 Å². The van der Waals surface area contributed by atoms with Gasteiger partial charge in [0, 0.05) is 34.6 Å². The van der Waals surface area contributed by atoms with E-state index < -0.39 is 0 Å². The van der Waals surface area contributed by atoms with Crippen molar-refractivity contribution in [1.29, 1.82) is 0 Å². The molecule has 7 aromatic carbocycles. The molecule has 0 fully saturated rings. The highest BCUT2D eigenvalue weighted by atomic mass is 14.7. The number of nitrogens with zero attached hydrogens (tertiary/aromatic N) is 3. The van der Waals surface area contributed by atoms with Gasteiger partial charge in [-0.05, 0) is 118 Å². The first-order valence-electron chi connectivity index (χ1n) is 22.2. The van der Waals surface area contributed by atoms with Crippen LogP contribution in [0.5, 0.6) is 0 Å². The molecule has 3 heterocycles. The molecule has 306 valence electrons. The van der Waals surface area contributed by atoms with E-state index in [1.165, 1.54) is 50.1 Å². The zero-order chi connectivity index (χ0) is 42.9. The molecule has 0 bridgehead atoms. The first-order valence-corrected chi connectivity index (χ1v) is 22.2. The Morgan fingerprint density at radius 2 is 0.625 bits per heavy atom. The minimum Gasteiger partial charge on any atom is -0.256 e. The fourth-order valence-electron chi connectivity index (χ4n) is 8.58. The number of aromatic nitrogens is 3. The lowest BCUT2D eigenvalue weighted by Crippen LogP contribution is -1.98. The van der Waals surface area contributed by atoms with Crippen LogP contribution in [0.3, 0.4) is 0 Å². The second-order valence-electron chi connectivity index (χ2n) is 16.3. The fourth-order valence-corrected chi connectivity index (χ4v) is 8.58. The highest BCUT2D eigenvalue weighted by Crippen LogP contribution is 2.36. The van der Waals surface area contributed by atoms with Gasteiger partial charge in [-0.25, -0.2) is 4.98 Å². The molecule has 0 saturated carbocycles. The largest absolute Gasteiger partial charge is 0.256 e. The maximum absolute atomic E-state index is 5.20. The summed E-state index contributed by atoms with van der Waals surface area (Å²) >= 11 is 0. The van der Waals surface area contributed by atoms with Crippen LogP contribution in [0, 0.1) is 0 Å². The lowest BCUT2D eigenvalue weighted by atomic mass is 9.90. The first kappa shape index (κ1) is 40.1. The van der Waals surface area contributed by atoms with Gasteiger partial charge in [0.2, 0.25) is 0 Å². The minimum absolute atomic E-state index is 0.944. The van der Waals surface area contributed by atoms with Crippen LogP contribution < -0.4 is 0 Å².